The molecule has 1 heterocycles. The number of alkyl halides is 3. The molecule has 152 valence electrons. The quantitative estimate of drug-likeness (QED) is 0.679. The molecule has 0 spiro atoms. The smallest absolute Gasteiger partial charge is 0.308 e. The summed E-state index contributed by atoms with van der Waals surface area (Å²) >= 11 is 5.55. The lowest BCUT2D eigenvalue weighted by Crippen LogP contribution is -2.35. The molecule has 10 heteroatoms. The van der Waals surface area contributed by atoms with Gasteiger partial charge < -0.3 is 10.6 Å². The van der Waals surface area contributed by atoms with Crippen LogP contribution in [0.4, 0.5) is 29.3 Å². The highest BCUT2D eigenvalue weighted by atomic mass is 35.5. The molecule has 0 bridgehead atoms. The number of halogens is 4. The number of nitrogens with one attached hydrogen (secondary N) is 2. The number of nitrogens with zero attached hydrogens (tertiary/aromatic N) is 1. The fourth-order valence-electron chi connectivity index (χ4n) is 2.92. The number of rotatable bonds is 3. The lowest BCUT2D eigenvalue weighted by Gasteiger charge is -2.17. The van der Waals surface area contributed by atoms with E-state index in [1.807, 2.05) is 0 Å². The van der Waals surface area contributed by atoms with Crippen LogP contribution in [-0.2, 0) is 6.18 Å². The Balaban J connectivity index is 1.77. The number of hydrogen-bond acceptors (Lipinski definition) is 3. The summed E-state index contributed by atoms with van der Waals surface area (Å²) < 4.78 is 38.8. The Kier molecular flexibility index (Phi) is 5.27. The van der Waals surface area contributed by atoms with Crippen LogP contribution >= 0.6 is 11.6 Å². The second-order valence-electron chi connectivity index (χ2n) is 6.61. The number of benzene rings is 2. The molecule has 2 aromatic rings. The molecule has 0 radical (unpaired) electrons. The van der Waals surface area contributed by atoms with Crippen LogP contribution in [0.25, 0.3) is 0 Å². The molecule has 29 heavy (non-hydrogen) atoms. The highest BCUT2D eigenvalue weighted by Gasteiger charge is 2.37. The summed E-state index contributed by atoms with van der Waals surface area (Å²) in [6, 6.07) is 6.01. The zero-order valence-electron chi connectivity index (χ0n) is 15.2. The van der Waals surface area contributed by atoms with Gasteiger partial charge in [0.2, 0.25) is 0 Å². The number of fused-ring (bicyclic) bond motifs is 1. The van der Waals surface area contributed by atoms with Gasteiger partial charge in [-0.25, -0.2) is 4.79 Å². The fraction of sp³-hybridized carbons (Fsp3) is 0.211. The van der Waals surface area contributed by atoms with Crippen molar-refractivity contribution in [2.75, 3.05) is 10.6 Å². The van der Waals surface area contributed by atoms with Crippen LogP contribution < -0.4 is 10.6 Å². The van der Waals surface area contributed by atoms with Crippen molar-refractivity contribution in [1.29, 1.82) is 0 Å². The topological polar surface area (TPSA) is 78.5 Å². The molecule has 0 unspecified atom stereocenters. The fourth-order valence-corrected chi connectivity index (χ4v) is 3.14. The number of carbonyl (C=O) groups excluding carboxylic acids is 3. The van der Waals surface area contributed by atoms with Crippen LogP contribution in [0, 0.1) is 0 Å². The first-order valence-corrected chi connectivity index (χ1v) is 8.83. The maximum Gasteiger partial charge on any atom is 0.417 e. The van der Waals surface area contributed by atoms with Gasteiger partial charge >= 0.3 is 12.2 Å². The van der Waals surface area contributed by atoms with Crippen LogP contribution in [0.15, 0.2) is 36.4 Å². The molecule has 4 amide bonds. The van der Waals surface area contributed by atoms with E-state index < -0.39 is 34.6 Å². The number of amides is 4. The van der Waals surface area contributed by atoms with Crippen LogP contribution in [0.5, 0.6) is 0 Å². The van der Waals surface area contributed by atoms with Gasteiger partial charge in [-0.05, 0) is 50.2 Å². The minimum Gasteiger partial charge on any atom is -0.308 e. The van der Waals surface area contributed by atoms with Crippen molar-refractivity contribution >= 4 is 40.8 Å². The summed E-state index contributed by atoms with van der Waals surface area (Å²) in [5.74, 6) is -0.895. The van der Waals surface area contributed by atoms with E-state index in [1.54, 1.807) is 13.8 Å². The van der Waals surface area contributed by atoms with Crippen LogP contribution in [0.2, 0.25) is 5.02 Å². The minimum absolute atomic E-state index is 0.113. The molecule has 1 aliphatic heterocycles. The Morgan fingerprint density at radius 2 is 1.52 bits per heavy atom. The van der Waals surface area contributed by atoms with E-state index in [0.717, 1.165) is 11.0 Å². The zero-order valence-corrected chi connectivity index (χ0v) is 16.0. The Hall–Kier alpha value is -3.07. The lowest BCUT2D eigenvalue weighted by molar-refractivity contribution is -0.137. The molecule has 2 aromatic carbocycles. The number of hydrogen-bond donors (Lipinski definition) is 2. The van der Waals surface area contributed by atoms with Crippen molar-refractivity contribution in [3.05, 3.63) is 58.1 Å². The lowest BCUT2D eigenvalue weighted by atomic mass is 10.1. The Labute approximate surface area is 168 Å². The van der Waals surface area contributed by atoms with Crippen LogP contribution in [0.1, 0.15) is 40.1 Å². The molecule has 0 saturated carbocycles. The molecule has 1 aliphatic rings. The first-order chi connectivity index (χ1) is 13.5. The summed E-state index contributed by atoms with van der Waals surface area (Å²) in [5, 5.41) is 4.21. The van der Waals surface area contributed by atoms with E-state index in [-0.39, 0.29) is 28.5 Å². The third kappa shape index (κ3) is 4.04. The first kappa shape index (κ1) is 20.7. The van der Waals surface area contributed by atoms with Gasteiger partial charge in [0.25, 0.3) is 11.8 Å². The molecule has 0 atom stereocenters. The maximum absolute atomic E-state index is 12.9. The number of anilines is 2. The molecule has 3 rings (SSSR count). The minimum atomic E-state index is -4.67. The van der Waals surface area contributed by atoms with E-state index >= 15 is 0 Å². The maximum atomic E-state index is 12.9. The molecule has 0 fully saturated rings. The van der Waals surface area contributed by atoms with Gasteiger partial charge in [0.1, 0.15) is 0 Å². The first-order valence-electron chi connectivity index (χ1n) is 8.45. The molecule has 6 nitrogen and oxygen atoms in total. The highest BCUT2D eigenvalue weighted by molar-refractivity contribution is 6.31. The average molecular weight is 426 g/mol. The van der Waals surface area contributed by atoms with E-state index in [0.29, 0.717) is 6.07 Å². The standard InChI is InChI=1S/C19H15ClF3N3O3/c1-9(2)26-16(27)12-5-3-10(7-13(12)17(26)28)24-18(29)25-11-4-6-15(20)14(8-11)19(21,22)23/h3-9H,1-2H3,(H2,24,25,29). The monoisotopic (exact) mass is 425 g/mol. The Bertz CT molecular complexity index is 1020. The summed E-state index contributed by atoms with van der Waals surface area (Å²) in [7, 11) is 0. The summed E-state index contributed by atoms with van der Waals surface area (Å²) in [6.07, 6.45) is -4.67. The third-order valence-electron chi connectivity index (χ3n) is 4.22. The normalized spacial score (nSPS) is 13.7. The van der Waals surface area contributed by atoms with Crippen molar-refractivity contribution in [2.45, 2.75) is 26.1 Å². The predicted molar refractivity (Wildman–Crippen MR) is 101 cm³/mol. The van der Waals surface area contributed by atoms with E-state index in [9.17, 15) is 27.6 Å². The zero-order chi connectivity index (χ0) is 21.5. The van der Waals surface area contributed by atoms with Crippen LogP contribution in [-0.4, -0.2) is 28.8 Å². The Morgan fingerprint density at radius 1 is 0.966 bits per heavy atom. The molecule has 0 aromatic heterocycles. The summed E-state index contributed by atoms with van der Waals surface area (Å²) in [5.41, 5.74) is -0.613. The summed E-state index contributed by atoms with van der Waals surface area (Å²) in [6.45, 7) is 3.41. The molecular formula is C19H15ClF3N3O3. The Morgan fingerprint density at radius 3 is 2.10 bits per heavy atom. The summed E-state index contributed by atoms with van der Waals surface area (Å²) in [4.78, 5) is 37.9. The number of carbonyl (C=O) groups is 3. The second kappa shape index (κ2) is 7.40. The predicted octanol–water partition coefficient (Wildman–Crippen LogP) is 5.01. The van der Waals surface area contributed by atoms with E-state index in [2.05, 4.69) is 10.6 Å². The van der Waals surface area contributed by atoms with Crippen LogP contribution in [0.3, 0.4) is 0 Å². The van der Waals surface area contributed by atoms with Gasteiger partial charge in [-0.3, -0.25) is 14.5 Å². The highest BCUT2D eigenvalue weighted by Crippen LogP contribution is 2.36. The third-order valence-corrected chi connectivity index (χ3v) is 4.55. The van der Waals surface area contributed by atoms with Gasteiger partial charge in [0.05, 0.1) is 21.7 Å². The van der Waals surface area contributed by atoms with Gasteiger partial charge in [-0.15, -0.1) is 0 Å². The average Bonchev–Trinajstić information content (AvgIpc) is 2.86. The van der Waals surface area contributed by atoms with E-state index in [1.165, 1.54) is 24.3 Å². The second-order valence-corrected chi connectivity index (χ2v) is 7.01. The van der Waals surface area contributed by atoms with Gasteiger partial charge in [-0.1, -0.05) is 11.6 Å². The van der Waals surface area contributed by atoms with E-state index in [4.69, 9.17) is 11.6 Å². The van der Waals surface area contributed by atoms with Gasteiger partial charge in [-0.2, -0.15) is 13.2 Å². The van der Waals surface area contributed by atoms with Gasteiger partial charge in [0, 0.05) is 17.4 Å². The molecule has 0 aliphatic carbocycles. The van der Waals surface area contributed by atoms with Gasteiger partial charge in [0.15, 0.2) is 0 Å². The number of urea groups is 1. The van der Waals surface area contributed by atoms with Crippen molar-refractivity contribution in [1.82, 2.24) is 4.90 Å². The molecule has 0 saturated heterocycles. The molecule has 2 N–H and O–H groups in total. The van der Waals surface area contributed by atoms with Crippen molar-refractivity contribution in [3.8, 4) is 0 Å². The largest absolute Gasteiger partial charge is 0.417 e. The van der Waals surface area contributed by atoms with Crippen molar-refractivity contribution in [2.24, 2.45) is 0 Å². The SMILES string of the molecule is CC(C)N1C(=O)c2ccc(NC(=O)Nc3ccc(Cl)c(C(F)(F)F)c3)cc2C1=O. The van der Waals surface area contributed by atoms with Crippen molar-refractivity contribution < 1.29 is 27.6 Å². The van der Waals surface area contributed by atoms with Crippen molar-refractivity contribution in [3.63, 3.8) is 0 Å². The number of imide groups is 1. The molecular weight excluding hydrogens is 411 g/mol.